The maximum Gasteiger partial charge on any atom is 0.340 e. The van der Waals surface area contributed by atoms with E-state index in [9.17, 15) is 17.6 Å². The highest BCUT2D eigenvalue weighted by molar-refractivity contribution is 7.92. The Kier molecular flexibility index (Phi) is 5.38. The lowest BCUT2D eigenvalue weighted by molar-refractivity contribution is 0.0378. The molecule has 3 rings (SSSR count). The average molecular weight is 423 g/mol. The van der Waals surface area contributed by atoms with Gasteiger partial charge in [0.15, 0.2) is 0 Å². The van der Waals surface area contributed by atoms with E-state index in [2.05, 4.69) is 15.1 Å². The molecule has 2 heterocycles. The van der Waals surface area contributed by atoms with Crippen molar-refractivity contribution in [3.05, 3.63) is 41.3 Å². The number of nitrogens with one attached hydrogen (secondary N) is 1. The summed E-state index contributed by atoms with van der Waals surface area (Å²) in [4.78, 5) is 20.1. The third-order valence-corrected chi connectivity index (χ3v) is 4.82. The fraction of sp³-hybridized carbons (Fsp3) is 0.294. The van der Waals surface area contributed by atoms with Crippen molar-refractivity contribution in [2.24, 2.45) is 0 Å². The van der Waals surface area contributed by atoms with Crippen molar-refractivity contribution in [3.63, 3.8) is 0 Å². The molecule has 0 fully saturated rings. The molecular formula is C17H18FN5O5S. The lowest BCUT2D eigenvalue weighted by Crippen LogP contribution is -2.20. The van der Waals surface area contributed by atoms with Gasteiger partial charge in [0.25, 0.3) is 21.0 Å². The number of methoxy groups -OCH3 is 1. The SMILES string of the molecule is COc1nc2nc(S(=O)(=O)Nc3c(F)cccc3C(=O)OC(C)C)nn2cc1C. The van der Waals surface area contributed by atoms with Gasteiger partial charge in [-0.2, -0.15) is 18.4 Å². The number of esters is 1. The number of carbonyl (C=O) groups excluding carboxylic acids is 1. The van der Waals surface area contributed by atoms with Crippen LogP contribution in [0.3, 0.4) is 0 Å². The molecule has 154 valence electrons. The van der Waals surface area contributed by atoms with E-state index in [0.717, 1.165) is 10.6 Å². The molecule has 1 aromatic carbocycles. The van der Waals surface area contributed by atoms with Gasteiger partial charge in [-0.25, -0.2) is 13.7 Å². The molecule has 3 aromatic rings. The predicted molar refractivity (Wildman–Crippen MR) is 99.8 cm³/mol. The Hall–Kier alpha value is -3.28. The van der Waals surface area contributed by atoms with Crippen LogP contribution >= 0.6 is 0 Å². The molecule has 29 heavy (non-hydrogen) atoms. The number of fused-ring (bicyclic) bond motifs is 1. The average Bonchev–Trinajstić information content (AvgIpc) is 3.05. The quantitative estimate of drug-likeness (QED) is 0.597. The summed E-state index contributed by atoms with van der Waals surface area (Å²) in [5, 5.41) is 3.22. The summed E-state index contributed by atoms with van der Waals surface area (Å²) >= 11 is 0. The zero-order valence-corrected chi connectivity index (χ0v) is 16.8. The summed E-state index contributed by atoms with van der Waals surface area (Å²) in [6.45, 7) is 4.93. The van der Waals surface area contributed by atoms with Gasteiger partial charge in [0, 0.05) is 11.8 Å². The van der Waals surface area contributed by atoms with Crippen molar-refractivity contribution in [1.82, 2.24) is 19.6 Å². The van der Waals surface area contributed by atoms with Gasteiger partial charge in [-0.3, -0.25) is 4.72 Å². The highest BCUT2D eigenvalue weighted by atomic mass is 32.2. The van der Waals surface area contributed by atoms with E-state index < -0.39 is 38.8 Å². The van der Waals surface area contributed by atoms with Crippen molar-refractivity contribution in [1.29, 1.82) is 0 Å². The molecule has 12 heteroatoms. The Labute approximate surface area is 165 Å². The molecule has 0 spiro atoms. The number of hydrogen-bond donors (Lipinski definition) is 1. The number of benzene rings is 1. The number of ether oxygens (including phenoxy) is 2. The second-order valence-corrected chi connectivity index (χ2v) is 7.87. The zero-order valence-electron chi connectivity index (χ0n) is 16.0. The first-order valence-electron chi connectivity index (χ1n) is 8.42. The molecule has 10 nitrogen and oxygen atoms in total. The van der Waals surface area contributed by atoms with Crippen LogP contribution in [0.15, 0.2) is 29.6 Å². The van der Waals surface area contributed by atoms with Crippen molar-refractivity contribution in [2.45, 2.75) is 32.0 Å². The van der Waals surface area contributed by atoms with Crippen LogP contribution in [-0.2, 0) is 14.8 Å². The molecule has 0 atom stereocenters. The third kappa shape index (κ3) is 4.11. The Morgan fingerprint density at radius 1 is 1.28 bits per heavy atom. The first-order valence-corrected chi connectivity index (χ1v) is 9.91. The maximum atomic E-state index is 14.3. The summed E-state index contributed by atoms with van der Waals surface area (Å²) in [5.41, 5.74) is -0.227. The van der Waals surface area contributed by atoms with E-state index in [-0.39, 0.29) is 17.2 Å². The highest BCUT2D eigenvalue weighted by Crippen LogP contribution is 2.24. The first-order chi connectivity index (χ1) is 13.6. The van der Waals surface area contributed by atoms with Crippen LogP contribution in [0.4, 0.5) is 10.1 Å². The Morgan fingerprint density at radius 3 is 2.66 bits per heavy atom. The van der Waals surface area contributed by atoms with Gasteiger partial charge >= 0.3 is 5.97 Å². The van der Waals surface area contributed by atoms with Gasteiger partial charge in [0.1, 0.15) is 5.82 Å². The standard InChI is InChI=1S/C17H18FN5O5S/c1-9(2)28-15(24)11-6-5-7-12(18)13(11)22-29(25,26)17-20-16-19-14(27-4)10(3)8-23(16)21-17/h5-9,22H,1-4H3. The van der Waals surface area contributed by atoms with Crippen LogP contribution < -0.4 is 9.46 Å². The molecule has 0 aliphatic heterocycles. The number of hydrogen-bond acceptors (Lipinski definition) is 8. The summed E-state index contributed by atoms with van der Waals surface area (Å²) in [7, 11) is -3.02. The smallest absolute Gasteiger partial charge is 0.340 e. The number of rotatable bonds is 6. The fourth-order valence-corrected chi connectivity index (χ4v) is 3.42. The number of carbonyl (C=O) groups is 1. The van der Waals surface area contributed by atoms with E-state index >= 15 is 0 Å². The van der Waals surface area contributed by atoms with Crippen molar-refractivity contribution >= 4 is 27.5 Å². The van der Waals surface area contributed by atoms with Gasteiger partial charge in [-0.15, -0.1) is 5.10 Å². The van der Waals surface area contributed by atoms with E-state index in [4.69, 9.17) is 9.47 Å². The summed E-state index contributed by atoms with van der Waals surface area (Å²) in [5.74, 6) is -1.59. The second-order valence-electron chi connectivity index (χ2n) is 6.29. The number of sulfonamides is 1. The largest absolute Gasteiger partial charge is 0.481 e. The monoisotopic (exact) mass is 423 g/mol. The molecule has 2 aromatic heterocycles. The Morgan fingerprint density at radius 2 is 2.00 bits per heavy atom. The highest BCUT2D eigenvalue weighted by Gasteiger charge is 2.27. The summed E-state index contributed by atoms with van der Waals surface area (Å²) in [6.07, 6.45) is 1.02. The van der Waals surface area contributed by atoms with Crippen LogP contribution in [0.5, 0.6) is 5.88 Å². The van der Waals surface area contributed by atoms with Gasteiger partial charge in [0.05, 0.1) is 24.5 Å². The van der Waals surface area contributed by atoms with Crippen molar-refractivity contribution < 1.29 is 27.1 Å². The minimum absolute atomic E-state index is 0.0270. The van der Waals surface area contributed by atoms with E-state index in [1.165, 1.54) is 25.4 Å². The number of nitrogens with zero attached hydrogens (tertiary/aromatic N) is 4. The van der Waals surface area contributed by atoms with Crippen LogP contribution in [0.25, 0.3) is 5.78 Å². The Balaban J connectivity index is 2.02. The van der Waals surface area contributed by atoms with Crippen LogP contribution in [0.1, 0.15) is 29.8 Å². The number of halogens is 1. The molecule has 1 N–H and O–H groups in total. The molecule has 0 saturated carbocycles. The van der Waals surface area contributed by atoms with Crippen LogP contribution in [-0.4, -0.2) is 47.2 Å². The summed E-state index contributed by atoms with van der Waals surface area (Å²) in [6, 6.07) is 3.53. The molecule has 0 saturated heterocycles. The molecule has 0 aliphatic rings. The topological polar surface area (TPSA) is 125 Å². The van der Waals surface area contributed by atoms with E-state index in [1.807, 2.05) is 4.72 Å². The molecule has 0 radical (unpaired) electrons. The third-order valence-electron chi connectivity index (χ3n) is 3.70. The minimum atomic E-state index is -4.44. The maximum absolute atomic E-state index is 14.3. The number of aromatic nitrogens is 4. The lowest BCUT2D eigenvalue weighted by Gasteiger charge is -2.13. The van der Waals surface area contributed by atoms with Gasteiger partial charge in [0.2, 0.25) is 5.88 Å². The molecular weight excluding hydrogens is 405 g/mol. The number of para-hydroxylation sites is 1. The molecule has 0 aliphatic carbocycles. The normalized spacial score (nSPS) is 11.7. The van der Waals surface area contributed by atoms with Crippen LogP contribution in [0, 0.1) is 12.7 Å². The van der Waals surface area contributed by atoms with Gasteiger partial charge < -0.3 is 9.47 Å². The first kappa shape index (κ1) is 20.5. The van der Waals surface area contributed by atoms with E-state index in [1.54, 1.807) is 20.8 Å². The molecule has 0 amide bonds. The molecule has 0 unspecified atom stereocenters. The lowest BCUT2D eigenvalue weighted by atomic mass is 10.2. The van der Waals surface area contributed by atoms with Crippen LogP contribution in [0.2, 0.25) is 0 Å². The van der Waals surface area contributed by atoms with Crippen molar-refractivity contribution in [3.8, 4) is 5.88 Å². The van der Waals surface area contributed by atoms with Gasteiger partial charge in [-0.1, -0.05) is 6.07 Å². The second kappa shape index (κ2) is 7.62. The fourth-order valence-electron chi connectivity index (χ4n) is 2.45. The zero-order chi connectivity index (χ0) is 21.3. The van der Waals surface area contributed by atoms with Crippen molar-refractivity contribution in [2.75, 3.05) is 11.8 Å². The predicted octanol–water partition coefficient (Wildman–Crippen LogP) is 1.95. The Bertz CT molecular complexity index is 1190. The van der Waals surface area contributed by atoms with E-state index in [0.29, 0.717) is 5.56 Å². The molecule has 0 bridgehead atoms. The number of aryl methyl sites for hydroxylation is 1. The summed E-state index contributed by atoms with van der Waals surface area (Å²) < 4.78 is 53.1. The number of anilines is 1. The minimum Gasteiger partial charge on any atom is -0.481 e. The van der Waals surface area contributed by atoms with Gasteiger partial charge in [-0.05, 0) is 32.9 Å².